The number of ether oxygens (including phenoxy) is 1. The Labute approximate surface area is 165 Å². The van der Waals surface area contributed by atoms with Gasteiger partial charge in [-0.3, -0.25) is 19.3 Å². The Morgan fingerprint density at radius 1 is 1.18 bits per heavy atom. The third kappa shape index (κ3) is 5.41. The van der Waals surface area contributed by atoms with Crippen LogP contribution in [-0.4, -0.2) is 50.7 Å². The van der Waals surface area contributed by atoms with Gasteiger partial charge in [0, 0.05) is 43.2 Å². The molecule has 0 aromatic carbocycles. The molecule has 0 radical (unpaired) electrons. The molecule has 2 aromatic rings. The molecule has 0 aliphatic heterocycles. The fraction of sp³-hybridized carbons (Fsp3) is 0.524. The van der Waals surface area contributed by atoms with Crippen LogP contribution in [0.1, 0.15) is 45.4 Å². The van der Waals surface area contributed by atoms with Crippen molar-refractivity contribution in [3.63, 3.8) is 0 Å². The van der Waals surface area contributed by atoms with Gasteiger partial charge in [0.15, 0.2) is 0 Å². The van der Waals surface area contributed by atoms with Gasteiger partial charge in [0.05, 0.1) is 25.3 Å². The van der Waals surface area contributed by atoms with Crippen molar-refractivity contribution in [1.82, 2.24) is 19.7 Å². The van der Waals surface area contributed by atoms with Crippen LogP contribution < -0.4 is 0 Å². The average molecular weight is 384 g/mol. The van der Waals surface area contributed by atoms with Crippen LogP contribution in [-0.2, 0) is 20.9 Å². The fourth-order valence-corrected chi connectivity index (χ4v) is 3.69. The molecule has 1 aliphatic carbocycles. The van der Waals surface area contributed by atoms with E-state index in [1.54, 1.807) is 19.3 Å². The van der Waals surface area contributed by atoms with E-state index in [1.807, 2.05) is 34.0 Å². The second-order valence-electron chi connectivity index (χ2n) is 7.03. The Bertz CT molecular complexity index is 769. The molecule has 2 aromatic heterocycles. The van der Waals surface area contributed by atoms with Crippen LogP contribution in [0.2, 0.25) is 0 Å². The number of rotatable bonds is 9. The zero-order valence-electron chi connectivity index (χ0n) is 16.4. The van der Waals surface area contributed by atoms with Crippen molar-refractivity contribution < 1.29 is 14.3 Å². The highest BCUT2D eigenvalue weighted by Gasteiger charge is 2.26. The van der Waals surface area contributed by atoms with Crippen molar-refractivity contribution in [2.75, 3.05) is 13.2 Å². The number of nitrogens with zero attached hydrogens (tertiary/aromatic N) is 4. The number of esters is 1. The topological polar surface area (TPSA) is 77.3 Å². The predicted molar refractivity (Wildman–Crippen MR) is 105 cm³/mol. The van der Waals surface area contributed by atoms with E-state index in [1.165, 1.54) is 0 Å². The highest BCUT2D eigenvalue weighted by molar-refractivity contribution is 5.81. The molecule has 3 rings (SSSR count). The molecule has 1 fully saturated rings. The molecule has 1 aliphatic rings. The van der Waals surface area contributed by atoms with Crippen molar-refractivity contribution in [2.45, 2.75) is 58.0 Å². The number of hydrogen-bond acceptors (Lipinski definition) is 5. The summed E-state index contributed by atoms with van der Waals surface area (Å²) in [5, 5.41) is 4.61. The summed E-state index contributed by atoms with van der Waals surface area (Å²) in [4.78, 5) is 30.3. The molecule has 0 spiro atoms. The Morgan fingerprint density at radius 3 is 2.64 bits per heavy atom. The van der Waals surface area contributed by atoms with E-state index in [9.17, 15) is 9.59 Å². The molecule has 1 amide bonds. The third-order valence-electron chi connectivity index (χ3n) is 5.12. The Morgan fingerprint density at radius 2 is 1.93 bits per heavy atom. The number of aromatic nitrogens is 3. The average Bonchev–Trinajstić information content (AvgIpc) is 3.40. The minimum absolute atomic E-state index is 0.0291. The van der Waals surface area contributed by atoms with Crippen molar-refractivity contribution in [2.24, 2.45) is 0 Å². The van der Waals surface area contributed by atoms with Crippen LogP contribution in [0.25, 0.3) is 11.3 Å². The molecule has 2 heterocycles. The van der Waals surface area contributed by atoms with Crippen LogP contribution >= 0.6 is 0 Å². The van der Waals surface area contributed by atoms with E-state index in [2.05, 4.69) is 10.1 Å². The SMILES string of the molecule is CCOC(=O)CCC(=O)N(CCn1ccc(-c2ccncc2)n1)C1CCCC1. The van der Waals surface area contributed by atoms with Crippen LogP contribution in [0.4, 0.5) is 0 Å². The summed E-state index contributed by atoms with van der Waals surface area (Å²) in [6.45, 7) is 3.35. The minimum Gasteiger partial charge on any atom is -0.466 e. The molecule has 7 nitrogen and oxygen atoms in total. The Hall–Kier alpha value is -2.70. The molecule has 0 N–H and O–H groups in total. The van der Waals surface area contributed by atoms with Crippen LogP contribution in [0.5, 0.6) is 0 Å². The second kappa shape index (κ2) is 10.0. The number of amides is 1. The van der Waals surface area contributed by atoms with E-state index in [0.717, 1.165) is 36.9 Å². The van der Waals surface area contributed by atoms with Gasteiger partial charge in [-0.05, 0) is 38.0 Å². The van der Waals surface area contributed by atoms with Gasteiger partial charge in [-0.15, -0.1) is 0 Å². The molecule has 0 bridgehead atoms. The summed E-state index contributed by atoms with van der Waals surface area (Å²) in [5.41, 5.74) is 1.91. The van der Waals surface area contributed by atoms with Crippen LogP contribution in [0.3, 0.4) is 0 Å². The summed E-state index contributed by atoms with van der Waals surface area (Å²) in [6, 6.07) is 6.09. The maximum absolute atomic E-state index is 12.8. The van der Waals surface area contributed by atoms with E-state index in [-0.39, 0.29) is 30.8 Å². The summed E-state index contributed by atoms with van der Waals surface area (Å²) in [7, 11) is 0. The molecular weight excluding hydrogens is 356 g/mol. The van der Waals surface area contributed by atoms with Gasteiger partial charge in [0.2, 0.25) is 5.91 Å². The van der Waals surface area contributed by atoms with Crippen LogP contribution in [0, 0.1) is 0 Å². The Kier molecular flexibility index (Phi) is 7.17. The molecule has 0 saturated heterocycles. The smallest absolute Gasteiger partial charge is 0.306 e. The highest BCUT2D eigenvalue weighted by Crippen LogP contribution is 2.24. The van der Waals surface area contributed by atoms with Gasteiger partial charge in [-0.25, -0.2) is 0 Å². The lowest BCUT2D eigenvalue weighted by Crippen LogP contribution is -2.41. The lowest BCUT2D eigenvalue weighted by molar-refractivity contribution is -0.146. The number of hydrogen-bond donors (Lipinski definition) is 0. The third-order valence-corrected chi connectivity index (χ3v) is 5.12. The maximum atomic E-state index is 12.8. The lowest BCUT2D eigenvalue weighted by Gasteiger charge is -2.29. The van der Waals surface area contributed by atoms with Gasteiger partial charge in [-0.1, -0.05) is 12.8 Å². The molecule has 0 atom stereocenters. The molecular formula is C21H28N4O3. The zero-order chi connectivity index (χ0) is 19.8. The summed E-state index contributed by atoms with van der Waals surface area (Å²) in [5.74, 6) is -0.280. The summed E-state index contributed by atoms with van der Waals surface area (Å²) < 4.78 is 6.81. The van der Waals surface area contributed by atoms with Gasteiger partial charge in [0.1, 0.15) is 0 Å². The van der Waals surface area contributed by atoms with Gasteiger partial charge >= 0.3 is 5.97 Å². The minimum atomic E-state index is -0.309. The van der Waals surface area contributed by atoms with Crippen molar-refractivity contribution in [3.05, 3.63) is 36.8 Å². The highest BCUT2D eigenvalue weighted by atomic mass is 16.5. The van der Waals surface area contributed by atoms with E-state index >= 15 is 0 Å². The van der Waals surface area contributed by atoms with Crippen molar-refractivity contribution in [1.29, 1.82) is 0 Å². The first kappa shape index (κ1) is 20.0. The number of carbonyl (C=O) groups is 2. The first-order valence-corrected chi connectivity index (χ1v) is 10.1. The van der Waals surface area contributed by atoms with E-state index < -0.39 is 0 Å². The normalized spacial score (nSPS) is 14.2. The standard InChI is InChI=1S/C21H28N4O3/c1-2-28-21(27)8-7-20(26)25(18-5-3-4-6-18)16-15-24-14-11-19(23-24)17-9-12-22-13-10-17/h9-14,18H,2-8,15-16H2,1H3. The van der Waals surface area contributed by atoms with E-state index in [4.69, 9.17) is 4.74 Å². The molecule has 150 valence electrons. The first-order valence-electron chi connectivity index (χ1n) is 10.1. The maximum Gasteiger partial charge on any atom is 0.306 e. The monoisotopic (exact) mass is 384 g/mol. The molecule has 0 unspecified atom stereocenters. The molecule has 1 saturated carbocycles. The molecule has 28 heavy (non-hydrogen) atoms. The van der Waals surface area contributed by atoms with Gasteiger partial charge < -0.3 is 9.64 Å². The second-order valence-corrected chi connectivity index (χ2v) is 7.03. The quantitative estimate of drug-likeness (QED) is 0.621. The predicted octanol–water partition coefficient (Wildman–Crippen LogP) is 3.06. The zero-order valence-corrected chi connectivity index (χ0v) is 16.4. The first-order chi connectivity index (χ1) is 13.7. The Balaban J connectivity index is 1.59. The fourth-order valence-electron chi connectivity index (χ4n) is 3.69. The van der Waals surface area contributed by atoms with Crippen LogP contribution in [0.15, 0.2) is 36.8 Å². The lowest BCUT2D eigenvalue weighted by atomic mass is 10.1. The largest absolute Gasteiger partial charge is 0.466 e. The number of pyridine rings is 1. The van der Waals surface area contributed by atoms with Crippen molar-refractivity contribution >= 4 is 11.9 Å². The molecule has 7 heteroatoms. The van der Waals surface area contributed by atoms with Gasteiger partial charge in [0.25, 0.3) is 0 Å². The van der Waals surface area contributed by atoms with Crippen molar-refractivity contribution in [3.8, 4) is 11.3 Å². The summed E-state index contributed by atoms with van der Waals surface area (Å²) >= 11 is 0. The number of carbonyl (C=O) groups excluding carboxylic acids is 2. The van der Waals surface area contributed by atoms with E-state index in [0.29, 0.717) is 19.7 Å². The van der Waals surface area contributed by atoms with Gasteiger partial charge in [-0.2, -0.15) is 5.10 Å². The summed E-state index contributed by atoms with van der Waals surface area (Å²) in [6.07, 6.45) is 10.2.